The minimum atomic E-state index is -2.13. The number of rotatable bonds is 1. The standard InChI is InChI=1S/C7H13F2N/c1-5-3-6(7(8)9)4-10(5)2/h5-7H,3-4H2,1-2H3/t5-,6+/m1/s1. The SMILES string of the molecule is C[C@@H]1C[C@H](C(F)F)CN1C. The molecule has 1 heterocycles. The van der Waals surface area contributed by atoms with E-state index in [0.29, 0.717) is 19.0 Å². The fourth-order valence-corrected chi connectivity index (χ4v) is 1.43. The summed E-state index contributed by atoms with van der Waals surface area (Å²) in [6.45, 7) is 2.54. The molecular weight excluding hydrogens is 136 g/mol. The van der Waals surface area contributed by atoms with Crippen LogP contribution in [0.15, 0.2) is 0 Å². The molecule has 1 aliphatic rings. The van der Waals surface area contributed by atoms with Gasteiger partial charge in [-0.1, -0.05) is 0 Å². The monoisotopic (exact) mass is 149 g/mol. The number of likely N-dealkylation sites (tertiary alicyclic amines) is 1. The average molecular weight is 149 g/mol. The molecule has 1 rings (SSSR count). The van der Waals surface area contributed by atoms with Crippen LogP contribution >= 0.6 is 0 Å². The molecule has 1 fully saturated rings. The lowest BCUT2D eigenvalue weighted by molar-refractivity contribution is 0.0822. The summed E-state index contributed by atoms with van der Waals surface area (Å²) in [5, 5.41) is 0. The predicted molar refractivity (Wildman–Crippen MR) is 36.2 cm³/mol. The first-order valence-corrected chi connectivity index (χ1v) is 3.59. The van der Waals surface area contributed by atoms with Gasteiger partial charge in [0, 0.05) is 18.5 Å². The van der Waals surface area contributed by atoms with Gasteiger partial charge in [0.15, 0.2) is 0 Å². The molecule has 0 aromatic rings. The highest BCUT2D eigenvalue weighted by atomic mass is 19.3. The van der Waals surface area contributed by atoms with E-state index in [1.54, 1.807) is 0 Å². The number of halogens is 2. The molecule has 0 unspecified atom stereocenters. The molecule has 0 spiro atoms. The van der Waals surface area contributed by atoms with Crippen molar-refractivity contribution < 1.29 is 8.78 Å². The summed E-state index contributed by atoms with van der Waals surface area (Å²) in [6, 6.07) is 0.332. The smallest absolute Gasteiger partial charge is 0.242 e. The minimum absolute atomic E-state index is 0.332. The summed E-state index contributed by atoms with van der Waals surface area (Å²) in [5.41, 5.74) is 0. The van der Waals surface area contributed by atoms with Gasteiger partial charge in [-0.15, -0.1) is 0 Å². The second-order valence-corrected chi connectivity index (χ2v) is 3.12. The molecule has 1 nitrogen and oxygen atoms in total. The van der Waals surface area contributed by atoms with Gasteiger partial charge in [-0.25, -0.2) is 8.78 Å². The van der Waals surface area contributed by atoms with Gasteiger partial charge in [-0.2, -0.15) is 0 Å². The summed E-state index contributed by atoms with van der Waals surface area (Å²) in [5.74, 6) is -0.389. The van der Waals surface area contributed by atoms with Crippen molar-refractivity contribution in [2.75, 3.05) is 13.6 Å². The van der Waals surface area contributed by atoms with Gasteiger partial charge in [0.1, 0.15) is 0 Å². The zero-order chi connectivity index (χ0) is 7.72. The Morgan fingerprint density at radius 3 is 2.30 bits per heavy atom. The minimum Gasteiger partial charge on any atom is -0.303 e. The normalized spacial score (nSPS) is 35.7. The van der Waals surface area contributed by atoms with Crippen LogP contribution in [0.5, 0.6) is 0 Å². The Kier molecular flexibility index (Phi) is 2.24. The zero-order valence-corrected chi connectivity index (χ0v) is 6.35. The van der Waals surface area contributed by atoms with Crippen LogP contribution in [0, 0.1) is 5.92 Å². The predicted octanol–water partition coefficient (Wildman–Crippen LogP) is 1.59. The van der Waals surface area contributed by atoms with Crippen LogP contribution in [0.3, 0.4) is 0 Å². The number of hydrogen-bond donors (Lipinski definition) is 0. The third-order valence-electron chi connectivity index (χ3n) is 2.28. The van der Waals surface area contributed by atoms with Crippen molar-refractivity contribution >= 4 is 0 Å². The van der Waals surface area contributed by atoms with E-state index >= 15 is 0 Å². The van der Waals surface area contributed by atoms with Gasteiger partial charge in [-0.3, -0.25) is 0 Å². The molecule has 2 atom stereocenters. The molecule has 0 aliphatic carbocycles. The second-order valence-electron chi connectivity index (χ2n) is 3.12. The van der Waals surface area contributed by atoms with Crippen LogP contribution in [0.2, 0.25) is 0 Å². The molecule has 1 aliphatic heterocycles. The Balaban J connectivity index is 2.41. The maximum absolute atomic E-state index is 12.1. The first-order valence-electron chi connectivity index (χ1n) is 3.59. The van der Waals surface area contributed by atoms with Gasteiger partial charge < -0.3 is 4.90 Å². The van der Waals surface area contributed by atoms with Crippen LogP contribution in [0.4, 0.5) is 8.78 Å². The van der Waals surface area contributed by atoms with Gasteiger partial charge in [0.2, 0.25) is 6.43 Å². The van der Waals surface area contributed by atoms with E-state index in [1.807, 2.05) is 18.9 Å². The first-order chi connectivity index (χ1) is 4.61. The number of hydrogen-bond acceptors (Lipinski definition) is 1. The molecule has 1 saturated heterocycles. The fourth-order valence-electron chi connectivity index (χ4n) is 1.43. The summed E-state index contributed by atoms with van der Waals surface area (Å²) >= 11 is 0. The molecule has 0 aromatic heterocycles. The third kappa shape index (κ3) is 1.45. The van der Waals surface area contributed by atoms with Crippen molar-refractivity contribution in [1.29, 1.82) is 0 Å². The molecule has 0 radical (unpaired) electrons. The van der Waals surface area contributed by atoms with Gasteiger partial charge in [-0.05, 0) is 20.4 Å². The lowest BCUT2D eigenvalue weighted by Crippen LogP contribution is -2.22. The van der Waals surface area contributed by atoms with E-state index in [-0.39, 0.29) is 5.92 Å². The van der Waals surface area contributed by atoms with E-state index in [2.05, 4.69) is 0 Å². The van der Waals surface area contributed by atoms with Crippen molar-refractivity contribution in [3.8, 4) is 0 Å². The Bertz CT molecular complexity index is 106. The molecule has 0 saturated carbocycles. The summed E-state index contributed by atoms with van der Waals surface area (Å²) in [6.07, 6.45) is -1.49. The Morgan fingerprint density at radius 2 is 2.10 bits per heavy atom. The third-order valence-corrected chi connectivity index (χ3v) is 2.28. The van der Waals surface area contributed by atoms with E-state index in [9.17, 15) is 8.78 Å². The highest BCUT2D eigenvalue weighted by molar-refractivity contribution is 4.81. The second kappa shape index (κ2) is 2.82. The molecule has 60 valence electrons. The maximum Gasteiger partial charge on any atom is 0.242 e. The first kappa shape index (κ1) is 7.92. The highest BCUT2D eigenvalue weighted by Gasteiger charge is 2.31. The van der Waals surface area contributed by atoms with E-state index in [4.69, 9.17) is 0 Å². The fraction of sp³-hybridized carbons (Fsp3) is 1.00. The summed E-state index contributed by atoms with van der Waals surface area (Å²) in [4.78, 5) is 1.98. The van der Waals surface area contributed by atoms with Crippen molar-refractivity contribution in [1.82, 2.24) is 4.90 Å². The number of nitrogens with zero attached hydrogens (tertiary/aromatic N) is 1. The molecule has 0 amide bonds. The quantitative estimate of drug-likeness (QED) is 0.547. The van der Waals surface area contributed by atoms with E-state index < -0.39 is 6.43 Å². The van der Waals surface area contributed by atoms with Gasteiger partial charge in [0.05, 0.1) is 0 Å². The molecule has 0 N–H and O–H groups in total. The van der Waals surface area contributed by atoms with E-state index in [0.717, 1.165) is 0 Å². The van der Waals surface area contributed by atoms with Crippen molar-refractivity contribution in [2.45, 2.75) is 25.8 Å². The Hall–Kier alpha value is -0.180. The Morgan fingerprint density at radius 1 is 1.50 bits per heavy atom. The lowest BCUT2D eigenvalue weighted by Gasteiger charge is -2.12. The zero-order valence-electron chi connectivity index (χ0n) is 6.35. The molecule has 3 heteroatoms. The van der Waals surface area contributed by atoms with Crippen molar-refractivity contribution in [3.05, 3.63) is 0 Å². The Labute approximate surface area is 60.0 Å². The van der Waals surface area contributed by atoms with Crippen LogP contribution in [-0.2, 0) is 0 Å². The molecule has 0 aromatic carbocycles. The molecule has 0 bridgehead atoms. The lowest BCUT2D eigenvalue weighted by atomic mass is 10.1. The molecular formula is C7H13F2N. The number of alkyl halides is 2. The van der Waals surface area contributed by atoms with Crippen LogP contribution in [0.25, 0.3) is 0 Å². The van der Waals surface area contributed by atoms with Crippen LogP contribution in [-0.4, -0.2) is 31.0 Å². The average Bonchev–Trinajstić information content (AvgIpc) is 2.13. The van der Waals surface area contributed by atoms with E-state index in [1.165, 1.54) is 0 Å². The van der Waals surface area contributed by atoms with Crippen molar-refractivity contribution in [2.24, 2.45) is 5.92 Å². The topological polar surface area (TPSA) is 3.24 Å². The highest BCUT2D eigenvalue weighted by Crippen LogP contribution is 2.25. The van der Waals surface area contributed by atoms with Crippen LogP contribution < -0.4 is 0 Å². The summed E-state index contributed by atoms with van der Waals surface area (Å²) in [7, 11) is 1.90. The maximum atomic E-state index is 12.1. The van der Waals surface area contributed by atoms with Crippen LogP contribution in [0.1, 0.15) is 13.3 Å². The van der Waals surface area contributed by atoms with Crippen molar-refractivity contribution in [3.63, 3.8) is 0 Å². The van der Waals surface area contributed by atoms with Gasteiger partial charge in [0.25, 0.3) is 0 Å². The molecule has 10 heavy (non-hydrogen) atoms. The van der Waals surface area contributed by atoms with Gasteiger partial charge >= 0.3 is 0 Å². The summed E-state index contributed by atoms with van der Waals surface area (Å²) < 4.78 is 24.1. The largest absolute Gasteiger partial charge is 0.303 e.